The third-order valence-corrected chi connectivity index (χ3v) is 4.81. The maximum absolute atomic E-state index is 12.3. The fourth-order valence-electron chi connectivity index (χ4n) is 3.43. The van der Waals surface area contributed by atoms with Crippen molar-refractivity contribution in [2.45, 2.75) is 26.2 Å². The van der Waals surface area contributed by atoms with E-state index in [1.54, 1.807) is 0 Å². The van der Waals surface area contributed by atoms with E-state index < -0.39 is 0 Å². The van der Waals surface area contributed by atoms with Crippen molar-refractivity contribution in [2.75, 3.05) is 26.2 Å². The van der Waals surface area contributed by atoms with Crippen molar-refractivity contribution in [3.8, 4) is 0 Å². The highest BCUT2D eigenvalue weighted by Gasteiger charge is 2.34. The van der Waals surface area contributed by atoms with Gasteiger partial charge in [0.2, 0.25) is 5.91 Å². The van der Waals surface area contributed by atoms with Gasteiger partial charge in [-0.15, -0.1) is 12.4 Å². The van der Waals surface area contributed by atoms with E-state index in [1.807, 2.05) is 0 Å². The molecule has 0 aliphatic carbocycles. The molecule has 2 aliphatic rings. The Morgan fingerprint density at radius 3 is 2.71 bits per heavy atom. The van der Waals surface area contributed by atoms with Gasteiger partial charge in [-0.1, -0.05) is 29.8 Å². The first-order valence-corrected chi connectivity index (χ1v) is 7.76. The Hall–Kier alpha value is -1.06. The number of nitrogens with zero attached hydrogens (tertiary/aromatic N) is 1. The predicted octanol–water partition coefficient (Wildman–Crippen LogP) is 2.42. The number of carbonyl (C=O) groups is 1. The Labute approximate surface area is 133 Å². The Balaban J connectivity index is 0.00000161. The maximum atomic E-state index is 12.3. The van der Waals surface area contributed by atoms with Gasteiger partial charge in [-0.25, -0.2) is 0 Å². The van der Waals surface area contributed by atoms with Crippen LogP contribution in [0.2, 0.25) is 0 Å². The van der Waals surface area contributed by atoms with Gasteiger partial charge in [0.25, 0.3) is 0 Å². The quantitative estimate of drug-likeness (QED) is 0.930. The molecule has 0 radical (unpaired) electrons. The first kappa shape index (κ1) is 16.3. The first-order chi connectivity index (χ1) is 9.72. The smallest absolute Gasteiger partial charge is 0.222 e. The molecule has 0 aromatic heterocycles. The van der Waals surface area contributed by atoms with Gasteiger partial charge in [-0.05, 0) is 50.3 Å². The van der Waals surface area contributed by atoms with Gasteiger partial charge < -0.3 is 10.2 Å². The second-order valence-electron chi connectivity index (χ2n) is 6.29. The van der Waals surface area contributed by atoms with Crippen LogP contribution in [0, 0.1) is 18.8 Å². The number of nitrogens with one attached hydrogen (secondary N) is 1. The fraction of sp³-hybridized carbons (Fsp3) is 0.588. The van der Waals surface area contributed by atoms with Crippen molar-refractivity contribution in [3.05, 3.63) is 35.4 Å². The van der Waals surface area contributed by atoms with Gasteiger partial charge in [0.05, 0.1) is 0 Å². The van der Waals surface area contributed by atoms with Crippen molar-refractivity contribution in [3.63, 3.8) is 0 Å². The van der Waals surface area contributed by atoms with Gasteiger partial charge in [0.15, 0.2) is 0 Å². The zero-order valence-corrected chi connectivity index (χ0v) is 13.5. The SMILES string of the molecule is Cc1ccc(CCC(=O)N2CCC3CNCC3C2)cc1.Cl. The standard InChI is InChI=1S/C17H24N2O.ClH/c1-13-2-4-14(5-3-13)6-7-17(20)19-9-8-15-10-18-11-16(15)12-19;/h2-5,15-16,18H,6-12H2,1H3;1H. The van der Waals surface area contributed by atoms with E-state index in [9.17, 15) is 4.79 Å². The van der Waals surface area contributed by atoms with Crippen LogP contribution in [-0.4, -0.2) is 37.0 Å². The third kappa shape index (κ3) is 3.98. The normalized spacial score (nSPS) is 24.3. The van der Waals surface area contributed by atoms with Crippen LogP contribution in [-0.2, 0) is 11.2 Å². The van der Waals surface area contributed by atoms with Crippen LogP contribution < -0.4 is 5.32 Å². The van der Waals surface area contributed by atoms with Crippen LogP contribution in [0.1, 0.15) is 24.0 Å². The molecular weight excluding hydrogens is 284 g/mol. The first-order valence-electron chi connectivity index (χ1n) is 7.76. The summed E-state index contributed by atoms with van der Waals surface area (Å²) in [5, 5.41) is 3.45. The molecule has 0 bridgehead atoms. The molecule has 2 unspecified atom stereocenters. The number of amides is 1. The lowest BCUT2D eigenvalue weighted by molar-refractivity contribution is -0.133. The van der Waals surface area contributed by atoms with Crippen LogP contribution in [0.4, 0.5) is 0 Å². The van der Waals surface area contributed by atoms with Crippen molar-refractivity contribution in [2.24, 2.45) is 11.8 Å². The van der Waals surface area contributed by atoms with Crippen LogP contribution in [0.3, 0.4) is 0 Å². The number of rotatable bonds is 3. The molecule has 2 fully saturated rings. The Kier molecular flexibility index (Phi) is 5.65. The van der Waals surface area contributed by atoms with Crippen LogP contribution in [0.5, 0.6) is 0 Å². The molecule has 1 amide bonds. The van der Waals surface area contributed by atoms with E-state index in [4.69, 9.17) is 0 Å². The highest BCUT2D eigenvalue weighted by Crippen LogP contribution is 2.26. The Bertz CT molecular complexity index is 474. The molecule has 1 N–H and O–H groups in total. The monoisotopic (exact) mass is 308 g/mol. The predicted molar refractivity (Wildman–Crippen MR) is 87.8 cm³/mol. The van der Waals surface area contributed by atoms with E-state index in [-0.39, 0.29) is 12.4 Å². The summed E-state index contributed by atoms with van der Waals surface area (Å²) in [6.45, 7) is 6.25. The number of carbonyl (C=O) groups excluding carboxylic acids is 1. The lowest BCUT2D eigenvalue weighted by atomic mass is 9.88. The minimum Gasteiger partial charge on any atom is -0.342 e. The molecule has 21 heavy (non-hydrogen) atoms. The van der Waals surface area contributed by atoms with Gasteiger partial charge in [-0.2, -0.15) is 0 Å². The summed E-state index contributed by atoms with van der Waals surface area (Å²) >= 11 is 0. The zero-order valence-electron chi connectivity index (χ0n) is 12.7. The molecule has 116 valence electrons. The Morgan fingerprint density at radius 1 is 1.24 bits per heavy atom. The molecular formula is C17H25ClN2O. The molecule has 2 atom stereocenters. The second kappa shape index (κ2) is 7.28. The summed E-state index contributed by atoms with van der Waals surface area (Å²) in [6.07, 6.45) is 2.68. The van der Waals surface area contributed by atoms with Crippen LogP contribution in [0.25, 0.3) is 0 Å². The maximum Gasteiger partial charge on any atom is 0.222 e. The summed E-state index contributed by atoms with van der Waals surface area (Å²) in [6, 6.07) is 8.51. The van der Waals surface area contributed by atoms with E-state index in [2.05, 4.69) is 41.4 Å². The number of benzene rings is 1. The minimum absolute atomic E-state index is 0. The topological polar surface area (TPSA) is 32.3 Å². The number of aryl methyl sites for hydroxylation is 2. The molecule has 2 aliphatic heterocycles. The molecule has 0 saturated carbocycles. The lowest BCUT2D eigenvalue weighted by Gasteiger charge is -2.34. The molecule has 2 saturated heterocycles. The van der Waals surface area contributed by atoms with Gasteiger partial charge in [0, 0.05) is 19.5 Å². The van der Waals surface area contributed by atoms with E-state index >= 15 is 0 Å². The third-order valence-electron chi connectivity index (χ3n) is 4.81. The van der Waals surface area contributed by atoms with Crippen molar-refractivity contribution in [1.82, 2.24) is 10.2 Å². The van der Waals surface area contributed by atoms with Crippen LogP contribution >= 0.6 is 12.4 Å². The molecule has 3 nitrogen and oxygen atoms in total. The van der Waals surface area contributed by atoms with Crippen LogP contribution in [0.15, 0.2) is 24.3 Å². The zero-order chi connectivity index (χ0) is 13.9. The summed E-state index contributed by atoms with van der Waals surface area (Å²) in [4.78, 5) is 14.4. The van der Waals surface area contributed by atoms with Crippen molar-refractivity contribution in [1.29, 1.82) is 0 Å². The van der Waals surface area contributed by atoms with Crippen molar-refractivity contribution < 1.29 is 4.79 Å². The van der Waals surface area contributed by atoms with E-state index in [1.165, 1.54) is 17.5 Å². The number of hydrogen-bond donors (Lipinski definition) is 1. The molecule has 3 rings (SSSR count). The summed E-state index contributed by atoms with van der Waals surface area (Å²) < 4.78 is 0. The highest BCUT2D eigenvalue weighted by atomic mass is 35.5. The molecule has 1 aromatic carbocycles. The Morgan fingerprint density at radius 2 is 1.95 bits per heavy atom. The van der Waals surface area contributed by atoms with E-state index in [0.29, 0.717) is 18.2 Å². The average Bonchev–Trinajstić information content (AvgIpc) is 2.93. The van der Waals surface area contributed by atoms with Gasteiger partial charge in [-0.3, -0.25) is 4.79 Å². The number of likely N-dealkylation sites (tertiary alicyclic amines) is 1. The number of piperidine rings is 1. The van der Waals surface area contributed by atoms with Gasteiger partial charge >= 0.3 is 0 Å². The average molecular weight is 309 g/mol. The second-order valence-corrected chi connectivity index (χ2v) is 6.29. The highest BCUT2D eigenvalue weighted by molar-refractivity contribution is 5.85. The number of hydrogen-bond acceptors (Lipinski definition) is 2. The number of halogens is 1. The van der Waals surface area contributed by atoms with Gasteiger partial charge in [0.1, 0.15) is 0 Å². The number of fused-ring (bicyclic) bond motifs is 1. The van der Waals surface area contributed by atoms with Crippen molar-refractivity contribution >= 4 is 18.3 Å². The molecule has 4 heteroatoms. The summed E-state index contributed by atoms with van der Waals surface area (Å²) in [7, 11) is 0. The van der Waals surface area contributed by atoms with E-state index in [0.717, 1.165) is 38.5 Å². The summed E-state index contributed by atoms with van der Waals surface area (Å²) in [5.74, 6) is 1.82. The molecule has 0 spiro atoms. The minimum atomic E-state index is 0. The summed E-state index contributed by atoms with van der Waals surface area (Å²) in [5.41, 5.74) is 2.54. The fourth-order valence-corrected chi connectivity index (χ4v) is 3.43. The lowest BCUT2D eigenvalue weighted by Crippen LogP contribution is -2.43. The molecule has 1 aromatic rings. The molecule has 2 heterocycles. The largest absolute Gasteiger partial charge is 0.342 e.